The van der Waals surface area contributed by atoms with Crippen LogP contribution in [0.3, 0.4) is 0 Å². The van der Waals surface area contributed by atoms with Gasteiger partial charge in [0.2, 0.25) is 0 Å². The molecule has 0 atom stereocenters. The Morgan fingerprint density at radius 2 is 1.86 bits per heavy atom. The summed E-state index contributed by atoms with van der Waals surface area (Å²) in [6, 6.07) is 5.78. The van der Waals surface area contributed by atoms with Crippen LogP contribution >= 0.6 is 0 Å². The molecule has 1 fully saturated rings. The van der Waals surface area contributed by atoms with E-state index in [-0.39, 0.29) is 23.7 Å². The van der Waals surface area contributed by atoms with Crippen molar-refractivity contribution in [3.63, 3.8) is 0 Å². The number of nitrogens with one attached hydrogen (secondary N) is 2. The van der Waals surface area contributed by atoms with E-state index in [2.05, 4.69) is 15.6 Å². The Hall–Kier alpha value is -2.90. The fourth-order valence-electron chi connectivity index (χ4n) is 4.06. The third-order valence-electron chi connectivity index (χ3n) is 5.55. The number of carbonyl (C=O) groups excluding carboxylic acids is 1. The summed E-state index contributed by atoms with van der Waals surface area (Å²) in [5, 5.41) is 6.60. The Balaban J connectivity index is 1.36. The number of nitrogens with zero attached hydrogens (tertiary/aromatic N) is 3. The predicted molar refractivity (Wildman–Crippen MR) is 107 cm³/mol. The molecule has 3 heterocycles. The van der Waals surface area contributed by atoms with Gasteiger partial charge in [-0.1, -0.05) is 6.07 Å². The minimum atomic E-state index is -2.59. The Labute approximate surface area is 167 Å². The number of aromatic nitrogens is 3. The zero-order valence-electron chi connectivity index (χ0n) is 16.5. The normalized spacial score (nSPS) is 19.6. The Bertz CT molecular complexity index is 1020. The first-order valence-electron chi connectivity index (χ1n) is 9.87. The second kappa shape index (κ2) is 7.85. The van der Waals surface area contributed by atoms with E-state index >= 15 is 0 Å². The van der Waals surface area contributed by atoms with E-state index in [1.165, 1.54) is 6.20 Å². The number of carbonyl (C=O) groups is 1. The second-order valence-corrected chi connectivity index (χ2v) is 7.79. The van der Waals surface area contributed by atoms with Crippen molar-refractivity contribution in [3.8, 4) is 0 Å². The van der Waals surface area contributed by atoms with Gasteiger partial charge >= 0.3 is 0 Å². The zero-order chi connectivity index (χ0) is 20.5. The minimum Gasteiger partial charge on any atom is -0.368 e. The van der Waals surface area contributed by atoms with E-state index in [1.54, 1.807) is 10.5 Å². The van der Waals surface area contributed by atoms with Crippen molar-refractivity contribution < 1.29 is 13.6 Å². The van der Waals surface area contributed by atoms with Crippen LogP contribution in [0.5, 0.6) is 0 Å². The fraction of sp³-hybridized carbons (Fsp3) is 0.429. The smallest absolute Gasteiger partial charge is 0.281 e. The number of imidazole rings is 1. The molecule has 0 aliphatic heterocycles. The summed E-state index contributed by atoms with van der Waals surface area (Å²) in [4.78, 5) is 16.5. The molecule has 1 saturated carbocycles. The number of halogens is 2. The highest BCUT2D eigenvalue weighted by molar-refractivity contribution is 5.95. The number of rotatable bonds is 5. The molecule has 6 nitrogen and oxygen atoms in total. The molecule has 0 unspecified atom stereocenters. The first-order chi connectivity index (χ1) is 13.9. The van der Waals surface area contributed by atoms with E-state index in [4.69, 9.17) is 0 Å². The van der Waals surface area contributed by atoms with Gasteiger partial charge in [0.25, 0.3) is 12.3 Å². The molecule has 3 aromatic rings. The van der Waals surface area contributed by atoms with Crippen LogP contribution < -0.4 is 10.6 Å². The zero-order valence-corrected chi connectivity index (χ0v) is 16.5. The fourth-order valence-corrected chi connectivity index (χ4v) is 4.06. The first-order valence-corrected chi connectivity index (χ1v) is 9.87. The number of anilines is 1. The largest absolute Gasteiger partial charge is 0.368 e. The van der Waals surface area contributed by atoms with E-state index in [0.717, 1.165) is 42.6 Å². The minimum absolute atomic E-state index is 0.0257. The summed E-state index contributed by atoms with van der Waals surface area (Å²) >= 11 is 0. The predicted octanol–water partition coefficient (Wildman–Crippen LogP) is 4.07. The van der Waals surface area contributed by atoms with Gasteiger partial charge in [0.05, 0.1) is 5.56 Å². The molecule has 0 aromatic carbocycles. The average molecular weight is 401 g/mol. The highest BCUT2D eigenvalue weighted by Crippen LogP contribution is 2.25. The molecule has 2 N–H and O–H groups in total. The van der Waals surface area contributed by atoms with Crippen LogP contribution in [0.1, 0.15) is 53.7 Å². The van der Waals surface area contributed by atoms with E-state index in [9.17, 15) is 13.6 Å². The van der Waals surface area contributed by atoms with Crippen LogP contribution in [0.15, 0.2) is 36.8 Å². The van der Waals surface area contributed by atoms with Crippen LogP contribution in [0.2, 0.25) is 0 Å². The quantitative estimate of drug-likeness (QED) is 0.677. The lowest BCUT2D eigenvalue weighted by molar-refractivity contribution is 0.0926. The van der Waals surface area contributed by atoms with Gasteiger partial charge in [-0.15, -0.1) is 0 Å². The van der Waals surface area contributed by atoms with Crippen LogP contribution in [-0.2, 0) is 7.05 Å². The lowest BCUT2D eigenvalue weighted by Gasteiger charge is -2.30. The van der Waals surface area contributed by atoms with Crippen molar-refractivity contribution in [2.24, 2.45) is 7.05 Å². The topological polar surface area (TPSA) is 63.4 Å². The molecule has 8 heteroatoms. The third-order valence-corrected chi connectivity index (χ3v) is 5.55. The van der Waals surface area contributed by atoms with Crippen molar-refractivity contribution >= 4 is 17.4 Å². The average Bonchev–Trinajstić information content (AvgIpc) is 3.27. The summed E-state index contributed by atoms with van der Waals surface area (Å²) in [5.41, 5.74) is 1.97. The summed E-state index contributed by atoms with van der Waals surface area (Å²) in [7, 11) is 1.91. The van der Waals surface area contributed by atoms with Gasteiger partial charge < -0.3 is 15.2 Å². The van der Waals surface area contributed by atoms with Gasteiger partial charge in [0.1, 0.15) is 17.2 Å². The van der Waals surface area contributed by atoms with Gasteiger partial charge in [-0.3, -0.25) is 9.20 Å². The lowest BCUT2D eigenvalue weighted by atomic mass is 9.91. The molecule has 1 aliphatic carbocycles. The highest BCUT2D eigenvalue weighted by Gasteiger charge is 2.24. The maximum absolute atomic E-state index is 13.0. The first kappa shape index (κ1) is 19.4. The number of hydrogen-bond donors (Lipinski definition) is 2. The molecule has 1 aliphatic rings. The van der Waals surface area contributed by atoms with Gasteiger partial charge in [-0.25, -0.2) is 13.8 Å². The highest BCUT2D eigenvalue weighted by atomic mass is 19.3. The molecule has 3 aromatic heterocycles. The van der Waals surface area contributed by atoms with Gasteiger partial charge in [0, 0.05) is 37.7 Å². The molecule has 0 saturated heterocycles. The lowest BCUT2D eigenvalue weighted by Crippen LogP contribution is -2.40. The summed E-state index contributed by atoms with van der Waals surface area (Å²) in [5.74, 6) is 0.733. The Morgan fingerprint density at radius 3 is 2.52 bits per heavy atom. The number of pyridine rings is 1. The van der Waals surface area contributed by atoms with Crippen LogP contribution in [0.25, 0.3) is 5.65 Å². The summed E-state index contributed by atoms with van der Waals surface area (Å²) in [6.07, 6.45) is 6.11. The number of alkyl halides is 2. The van der Waals surface area contributed by atoms with Crippen molar-refractivity contribution in [2.45, 2.75) is 51.1 Å². The monoisotopic (exact) mass is 401 g/mol. The molecule has 0 radical (unpaired) electrons. The maximum Gasteiger partial charge on any atom is 0.281 e. The molecule has 154 valence electrons. The molecular formula is C21H25F2N5O. The summed E-state index contributed by atoms with van der Waals surface area (Å²) < 4.78 is 29.5. The standard InChI is InChI=1S/C21H25F2N5O/c1-13-10-27(2)11-16(13)21(29)25-15-8-6-14(7-9-15)24-18-4-3-5-19-26-17(20(22)23)12-28(18)19/h3-5,10-12,14-15,20,24H,6-9H2,1-2H3,(H,25,29). The SMILES string of the molecule is Cc1cn(C)cc1C(=O)NC1CCC(Nc2cccc3nc(C(F)F)cn23)CC1. The van der Waals surface area contributed by atoms with E-state index in [1.807, 2.05) is 43.1 Å². The van der Waals surface area contributed by atoms with Crippen molar-refractivity contribution in [3.05, 3.63) is 53.6 Å². The van der Waals surface area contributed by atoms with Crippen molar-refractivity contribution in [1.82, 2.24) is 19.3 Å². The van der Waals surface area contributed by atoms with Gasteiger partial charge in [-0.2, -0.15) is 0 Å². The molecule has 29 heavy (non-hydrogen) atoms. The van der Waals surface area contributed by atoms with E-state index in [0.29, 0.717) is 5.65 Å². The number of aryl methyl sites for hydroxylation is 2. The number of hydrogen-bond acceptors (Lipinski definition) is 3. The second-order valence-electron chi connectivity index (χ2n) is 7.79. The molecule has 4 rings (SSSR count). The van der Waals surface area contributed by atoms with Crippen LogP contribution in [0, 0.1) is 6.92 Å². The third kappa shape index (κ3) is 4.11. The molecular weight excluding hydrogens is 376 g/mol. The summed E-state index contributed by atoms with van der Waals surface area (Å²) in [6.45, 7) is 1.94. The van der Waals surface area contributed by atoms with Gasteiger partial charge in [0.15, 0.2) is 0 Å². The van der Waals surface area contributed by atoms with Crippen molar-refractivity contribution in [2.75, 3.05) is 5.32 Å². The Kier molecular flexibility index (Phi) is 5.25. The Morgan fingerprint density at radius 1 is 1.14 bits per heavy atom. The molecule has 0 spiro atoms. The van der Waals surface area contributed by atoms with Crippen LogP contribution in [-0.4, -0.2) is 31.9 Å². The van der Waals surface area contributed by atoms with Crippen molar-refractivity contribution in [1.29, 1.82) is 0 Å². The number of fused-ring (bicyclic) bond motifs is 1. The van der Waals surface area contributed by atoms with Crippen LogP contribution in [0.4, 0.5) is 14.6 Å². The molecule has 1 amide bonds. The van der Waals surface area contributed by atoms with Gasteiger partial charge in [-0.05, 0) is 50.3 Å². The maximum atomic E-state index is 13.0. The number of amides is 1. The van der Waals surface area contributed by atoms with E-state index < -0.39 is 6.43 Å². The molecule has 0 bridgehead atoms.